The Labute approximate surface area is 103 Å². The third-order valence-corrected chi connectivity index (χ3v) is 4.82. The molecule has 2 N–H and O–H groups in total. The fourth-order valence-electron chi connectivity index (χ4n) is 1.02. The van der Waals surface area contributed by atoms with Crippen LogP contribution < -0.4 is 10.0 Å². The summed E-state index contributed by atoms with van der Waals surface area (Å²) >= 11 is 0.892. The molecule has 92 valence electrons. The third kappa shape index (κ3) is 3.81. The number of nitrogens with zero attached hydrogens (tertiary/aromatic N) is 1. The van der Waals surface area contributed by atoms with Gasteiger partial charge in [-0.05, 0) is 12.1 Å². The van der Waals surface area contributed by atoms with Gasteiger partial charge in [-0.1, -0.05) is 0 Å². The molecule has 0 aliphatic carbocycles. The average molecular weight is 273 g/mol. The van der Waals surface area contributed by atoms with Crippen molar-refractivity contribution < 1.29 is 13.2 Å². The Kier molecular flexibility index (Phi) is 4.62. The van der Waals surface area contributed by atoms with Crippen LogP contribution in [0, 0.1) is 11.3 Å². The van der Waals surface area contributed by atoms with Crippen LogP contribution in [0.15, 0.2) is 16.3 Å². The predicted octanol–water partition coefficient (Wildman–Crippen LogP) is 0.0342. The molecule has 0 atom stereocenters. The van der Waals surface area contributed by atoms with Gasteiger partial charge in [-0.2, -0.15) is 5.26 Å². The molecule has 0 fully saturated rings. The SMILES string of the molecule is CNC(=O)CCNS(=O)(=O)c1ccc(C#N)s1. The number of sulfonamides is 1. The Morgan fingerprint density at radius 3 is 2.76 bits per heavy atom. The minimum absolute atomic E-state index is 0.0296. The van der Waals surface area contributed by atoms with E-state index in [1.54, 1.807) is 0 Å². The summed E-state index contributed by atoms with van der Waals surface area (Å²) in [7, 11) is -2.13. The molecule has 0 bridgehead atoms. The summed E-state index contributed by atoms with van der Waals surface area (Å²) in [5.41, 5.74) is 0. The summed E-state index contributed by atoms with van der Waals surface area (Å²) < 4.78 is 25.7. The molecule has 0 aromatic carbocycles. The predicted molar refractivity (Wildman–Crippen MR) is 62.9 cm³/mol. The number of amides is 1. The Morgan fingerprint density at radius 2 is 2.24 bits per heavy atom. The molecule has 0 radical (unpaired) electrons. The zero-order chi connectivity index (χ0) is 12.9. The van der Waals surface area contributed by atoms with E-state index in [-0.39, 0.29) is 23.1 Å². The van der Waals surface area contributed by atoms with Gasteiger partial charge in [-0.15, -0.1) is 11.3 Å². The van der Waals surface area contributed by atoms with Crippen molar-refractivity contribution in [1.82, 2.24) is 10.0 Å². The van der Waals surface area contributed by atoms with Crippen molar-refractivity contribution in [2.24, 2.45) is 0 Å². The molecule has 8 heteroatoms. The van der Waals surface area contributed by atoms with Crippen molar-refractivity contribution in [3.63, 3.8) is 0 Å². The Balaban J connectivity index is 2.63. The fourth-order valence-corrected chi connectivity index (χ4v) is 3.20. The third-order valence-electron chi connectivity index (χ3n) is 1.88. The van der Waals surface area contributed by atoms with Crippen LogP contribution in [0.4, 0.5) is 0 Å². The van der Waals surface area contributed by atoms with E-state index in [1.807, 2.05) is 6.07 Å². The summed E-state index contributed by atoms with van der Waals surface area (Å²) in [6, 6.07) is 4.67. The lowest BCUT2D eigenvalue weighted by Gasteiger charge is -2.03. The highest BCUT2D eigenvalue weighted by atomic mass is 32.2. The number of hydrogen-bond donors (Lipinski definition) is 2. The summed E-state index contributed by atoms with van der Waals surface area (Å²) in [5, 5.41) is 11.0. The number of rotatable bonds is 5. The van der Waals surface area contributed by atoms with Crippen molar-refractivity contribution in [3.8, 4) is 6.07 Å². The van der Waals surface area contributed by atoms with E-state index in [9.17, 15) is 13.2 Å². The molecule has 0 unspecified atom stereocenters. The van der Waals surface area contributed by atoms with Gasteiger partial charge in [0.1, 0.15) is 15.2 Å². The number of nitrogens with one attached hydrogen (secondary N) is 2. The molecule has 1 aromatic heterocycles. The van der Waals surface area contributed by atoms with Crippen LogP contribution in [-0.4, -0.2) is 27.9 Å². The lowest BCUT2D eigenvalue weighted by molar-refractivity contribution is -0.120. The van der Waals surface area contributed by atoms with E-state index in [2.05, 4.69) is 10.0 Å². The van der Waals surface area contributed by atoms with Gasteiger partial charge in [0, 0.05) is 20.0 Å². The normalized spacial score (nSPS) is 10.8. The number of thiophene rings is 1. The van der Waals surface area contributed by atoms with E-state index in [0.717, 1.165) is 11.3 Å². The van der Waals surface area contributed by atoms with Gasteiger partial charge >= 0.3 is 0 Å². The molecule has 1 heterocycles. The number of hydrogen-bond acceptors (Lipinski definition) is 5. The lowest BCUT2D eigenvalue weighted by Crippen LogP contribution is -2.28. The van der Waals surface area contributed by atoms with E-state index in [0.29, 0.717) is 4.88 Å². The number of carbonyl (C=O) groups excluding carboxylic acids is 1. The minimum Gasteiger partial charge on any atom is -0.359 e. The highest BCUT2D eigenvalue weighted by Gasteiger charge is 2.16. The van der Waals surface area contributed by atoms with E-state index in [4.69, 9.17) is 5.26 Å². The van der Waals surface area contributed by atoms with Crippen LogP contribution in [-0.2, 0) is 14.8 Å². The largest absolute Gasteiger partial charge is 0.359 e. The van der Waals surface area contributed by atoms with E-state index < -0.39 is 10.0 Å². The molecule has 17 heavy (non-hydrogen) atoms. The number of carbonyl (C=O) groups is 1. The van der Waals surface area contributed by atoms with Crippen LogP contribution in [0.3, 0.4) is 0 Å². The van der Waals surface area contributed by atoms with Gasteiger partial charge in [-0.25, -0.2) is 13.1 Å². The van der Waals surface area contributed by atoms with Crippen LogP contribution >= 0.6 is 11.3 Å². The minimum atomic E-state index is -3.62. The molecule has 0 aliphatic heterocycles. The second kappa shape index (κ2) is 5.77. The smallest absolute Gasteiger partial charge is 0.250 e. The first kappa shape index (κ1) is 13.6. The molecule has 0 saturated heterocycles. The van der Waals surface area contributed by atoms with Gasteiger partial charge in [0.2, 0.25) is 15.9 Å². The zero-order valence-electron chi connectivity index (χ0n) is 9.06. The van der Waals surface area contributed by atoms with Crippen molar-refractivity contribution in [1.29, 1.82) is 5.26 Å². The molecule has 1 rings (SSSR count). The van der Waals surface area contributed by atoms with Gasteiger partial charge in [0.15, 0.2) is 0 Å². The number of nitriles is 1. The van der Waals surface area contributed by atoms with E-state index in [1.165, 1.54) is 19.2 Å². The maximum atomic E-state index is 11.7. The summed E-state index contributed by atoms with van der Waals surface area (Å²) in [6.45, 7) is 0.0296. The molecule has 0 spiro atoms. The maximum Gasteiger partial charge on any atom is 0.250 e. The Hall–Kier alpha value is -1.43. The summed E-state index contributed by atoms with van der Waals surface area (Å²) in [5.74, 6) is -0.239. The van der Waals surface area contributed by atoms with Crippen molar-refractivity contribution >= 4 is 27.3 Å². The van der Waals surface area contributed by atoms with Crippen LogP contribution in [0.5, 0.6) is 0 Å². The monoisotopic (exact) mass is 273 g/mol. The Bertz CT molecular complexity index is 542. The van der Waals surface area contributed by atoms with Gasteiger partial charge < -0.3 is 5.32 Å². The Morgan fingerprint density at radius 1 is 1.53 bits per heavy atom. The molecule has 1 aromatic rings. The molecule has 0 aliphatic rings. The van der Waals surface area contributed by atoms with Gasteiger partial charge in [0.25, 0.3) is 0 Å². The summed E-state index contributed by atoms with van der Waals surface area (Å²) in [6.07, 6.45) is 0.0756. The topological polar surface area (TPSA) is 99.1 Å². The van der Waals surface area contributed by atoms with Crippen LogP contribution in [0.25, 0.3) is 0 Å². The standard InChI is InChI=1S/C9H11N3O3S2/c1-11-8(13)4-5-12-17(14,15)9-3-2-7(6-10)16-9/h2-3,12H,4-5H2,1H3,(H,11,13). The fraction of sp³-hybridized carbons (Fsp3) is 0.333. The van der Waals surface area contributed by atoms with Crippen LogP contribution in [0.1, 0.15) is 11.3 Å². The van der Waals surface area contributed by atoms with Crippen LogP contribution in [0.2, 0.25) is 0 Å². The first-order valence-corrected chi connectivity index (χ1v) is 7.00. The first-order chi connectivity index (χ1) is 7.99. The first-order valence-electron chi connectivity index (χ1n) is 4.70. The second-order valence-corrected chi connectivity index (χ2v) is 6.13. The second-order valence-electron chi connectivity index (χ2n) is 3.05. The van der Waals surface area contributed by atoms with Gasteiger partial charge in [-0.3, -0.25) is 4.79 Å². The van der Waals surface area contributed by atoms with Gasteiger partial charge in [0.05, 0.1) is 0 Å². The molecule has 0 saturated carbocycles. The van der Waals surface area contributed by atoms with Crippen molar-refractivity contribution in [2.75, 3.05) is 13.6 Å². The highest BCUT2D eigenvalue weighted by molar-refractivity contribution is 7.91. The quantitative estimate of drug-likeness (QED) is 0.790. The average Bonchev–Trinajstić information content (AvgIpc) is 2.77. The lowest BCUT2D eigenvalue weighted by atomic mass is 10.4. The van der Waals surface area contributed by atoms with Crippen molar-refractivity contribution in [2.45, 2.75) is 10.6 Å². The highest BCUT2D eigenvalue weighted by Crippen LogP contribution is 2.20. The molecular formula is C9H11N3O3S2. The van der Waals surface area contributed by atoms with E-state index >= 15 is 0 Å². The maximum absolute atomic E-state index is 11.7. The molecular weight excluding hydrogens is 262 g/mol. The van der Waals surface area contributed by atoms with Crippen molar-refractivity contribution in [3.05, 3.63) is 17.0 Å². The summed E-state index contributed by atoms with van der Waals surface area (Å²) in [4.78, 5) is 11.2. The molecule has 6 nitrogen and oxygen atoms in total. The zero-order valence-corrected chi connectivity index (χ0v) is 10.7. The molecule has 1 amide bonds.